The van der Waals surface area contributed by atoms with E-state index in [0.29, 0.717) is 16.8 Å². The highest BCUT2D eigenvalue weighted by Gasteiger charge is 2.14. The molecule has 0 spiro atoms. The first-order valence-corrected chi connectivity index (χ1v) is 6.75. The lowest BCUT2D eigenvalue weighted by molar-refractivity contribution is 0.532. The Kier molecular flexibility index (Phi) is 3.99. The lowest BCUT2D eigenvalue weighted by atomic mass is 10.1. The minimum absolute atomic E-state index is 0.298. The number of hydrogen-bond donors (Lipinski definition) is 2. The van der Waals surface area contributed by atoms with Crippen LogP contribution in [0, 0.1) is 13.8 Å². The van der Waals surface area contributed by atoms with Crippen molar-refractivity contribution in [2.24, 2.45) is 5.73 Å². The highest BCUT2D eigenvalue weighted by molar-refractivity contribution is 7.80. The van der Waals surface area contributed by atoms with Crippen molar-refractivity contribution in [3.05, 3.63) is 29.2 Å². The third-order valence-corrected chi connectivity index (χ3v) is 3.30. The van der Waals surface area contributed by atoms with E-state index in [1.807, 2.05) is 24.7 Å². The van der Waals surface area contributed by atoms with Gasteiger partial charge >= 0.3 is 0 Å². The molecule has 2 aromatic heterocycles. The molecule has 0 radical (unpaired) electrons. The van der Waals surface area contributed by atoms with E-state index in [4.69, 9.17) is 18.0 Å². The minimum Gasteiger partial charge on any atom is -0.389 e. The predicted octanol–water partition coefficient (Wildman–Crippen LogP) is 2.25. The summed E-state index contributed by atoms with van der Waals surface area (Å²) in [5.41, 5.74) is 9.10. The first kappa shape index (κ1) is 14.4. The van der Waals surface area contributed by atoms with Crippen LogP contribution in [0.4, 0.5) is 11.5 Å². The van der Waals surface area contributed by atoms with Crippen LogP contribution in [0.15, 0.2) is 12.4 Å². The second-order valence-electron chi connectivity index (χ2n) is 4.93. The van der Waals surface area contributed by atoms with Crippen LogP contribution in [0.3, 0.4) is 0 Å². The molecule has 0 bridgehead atoms. The number of thiocarbonyl (C=S) groups is 1. The molecule has 2 rings (SSSR count). The number of nitrogens with two attached hydrogens (primary N) is 1. The molecule has 0 aliphatic heterocycles. The molecule has 0 aliphatic carbocycles. The van der Waals surface area contributed by atoms with Crippen molar-refractivity contribution in [3.8, 4) is 0 Å². The molecule has 0 aromatic carbocycles. The number of nitrogens with zero attached hydrogens (tertiary/aromatic N) is 4. The largest absolute Gasteiger partial charge is 0.389 e. The standard InChI is InChI=1S/C13H18N6S/c1-7(2)19-6-10(5-15-19)16-13-11(12(14)20)8(3)9(4)17-18-13/h5-7H,1-4H3,(H2,14,20)(H,16,18). The van der Waals surface area contributed by atoms with E-state index in [2.05, 4.69) is 34.5 Å². The molecule has 0 saturated heterocycles. The van der Waals surface area contributed by atoms with Crippen molar-refractivity contribution in [2.45, 2.75) is 33.7 Å². The van der Waals surface area contributed by atoms with Crippen LogP contribution < -0.4 is 11.1 Å². The van der Waals surface area contributed by atoms with E-state index in [9.17, 15) is 0 Å². The molecule has 0 saturated carbocycles. The number of rotatable bonds is 4. The van der Waals surface area contributed by atoms with Crippen LogP contribution in [-0.2, 0) is 0 Å². The van der Waals surface area contributed by atoms with Gasteiger partial charge in [0.25, 0.3) is 0 Å². The van der Waals surface area contributed by atoms with Gasteiger partial charge in [0, 0.05) is 12.2 Å². The monoisotopic (exact) mass is 290 g/mol. The third-order valence-electron chi connectivity index (χ3n) is 3.09. The Bertz CT molecular complexity index is 646. The second-order valence-corrected chi connectivity index (χ2v) is 5.37. The molecule has 0 unspecified atom stereocenters. The summed E-state index contributed by atoms with van der Waals surface area (Å²) in [5.74, 6) is 0.559. The number of nitrogens with one attached hydrogen (secondary N) is 1. The van der Waals surface area contributed by atoms with Gasteiger partial charge in [0.05, 0.1) is 23.1 Å². The number of hydrogen-bond acceptors (Lipinski definition) is 5. The summed E-state index contributed by atoms with van der Waals surface area (Å²) in [6.45, 7) is 7.94. The van der Waals surface area contributed by atoms with Gasteiger partial charge in [-0.2, -0.15) is 10.2 Å². The Hall–Kier alpha value is -2.02. The smallest absolute Gasteiger partial charge is 0.163 e. The SMILES string of the molecule is Cc1nnc(Nc2cnn(C(C)C)c2)c(C(N)=S)c1C. The van der Waals surface area contributed by atoms with Crippen LogP contribution in [-0.4, -0.2) is 25.0 Å². The van der Waals surface area contributed by atoms with E-state index in [1.165, 1.54) is 0 Å². The van der Waals surface area contributed by atoms with E-state index in [-0.39, 0.29) is 0 Å². The molecule has 0 atom stereocenters. The Labute approximate surface area is 123 Å². The highest BCUT2D eigenvalue weighted by atomic mass is 32.1. The molecule has 0 amide bonds. The molecule has 2 heterocycles. The quantitative estimate of drug-likeness (QED) is 0.841. The summed E-state index contributed by atoms with van der Waals surface area (Å²) >= 11 is 5.11. The van der Waals surface area contributed by atoms with Gasteiger partial charge in [0.15, 0.2) is 5.82 Å². The Balaban J connectivity index is 2.38. The van der Waals surface area contributed by atoms with Crippen LogP contribution in [0.25, 0.3) is 0 Å². The fraction of sp³-hybridized carbons (Fsp3) is 0.385. The van der Waals surface area contributed by atoms with E-state index in [1.54, 1.807) is 6.20 Å². The van der Waals surface area contributed by atoms with Gasteiger partial charge in [-0.05, 0) is 33.3 Å². The van der Waals surface area contributed by atoms with E-state index in [0.717, 1.165) is 22.5 Å². The molecule has 0 aliphatic rings. The van der Waals surface area contributed by atoms with Gasteiger partial charge in [0.1, 0.15) is 4.99 Å². The van der Waals surface area contributed by atoms with E-state index < -0.39 is 0 Å². The molecule has 7 heteroatoms. The molecule has 106 valence electrons. The predicted molar refractivity (Wildman–Crippen MR) is 83.3 cm³/mol. The van der Waals surface area contributed by atoms with Crippen molar-refractivity contribution in [1.29, 1.82) is 0 Å². The van der Waals surface area contributed by atoms with Crippen molar-refractivity contribution in [3.63, 3.8) is 0 Å². The van der Waals surface area contributed by atoms with Gasteiger partial charge in [0.2, 0.25) is 0 Å². The Morgan fingerprint density at radius 2 is 2.05 bits per heavy atom. The molecular formula is C13H18N6S. The van der Waals surface area contributed by atoms with Gasteiger partial charge < -0.3 is 11.1 Å². The zero-order valence-corrected chi connectivity index (χ0v) is 12.8. The molecule has 3 N–H and O–H groups in total. The van der Waals surface area contributed by atoms with Gasteiger partial charge in [-0.25, -0.2) is 0 Å². The normalized spacial score (nSPS) is 10.8. The number of aryl methyl sites for hydroxylation is 1. The first-order chi connectivity index (χ1) is 9.40. The summed E-state index contributed by atoms with van der Waals surface area (Å²) in [6.07, 6.45) is 3.64. The van der Waals surface area contributed by atoms with Crippen LogP contribution in [0.1, 0.15) is 36.7 Å². The topological polar surface area (TPSA) is 81.7 Å². The first-order valence-electron chi connectivity index (χ1n) is 6.35. The summed E-state index contributed by atoms with van der Waals surface area (Å²) in [5, 5.41) is 15.7. The van der Waals surface area contributed by atoms with Crippen LogP contribution >= 0.6 is 12.2 Å². The summed E-state index contributed by atoms with van der Waals surface area (Å²) in [7, 11) is 0. The maximum atomic E-state index is 5.79. The highest BCUT2D eigenvalue weighted by Crippen LogP contribution is 2.22. The van der Waals surface area contributed by atoms with Crippen LogP contribution in [0.2, 0.25) is 0 Å². The molecular weight excluding hydrogens is 272 g/mol. The molecule has 20 heavy (non-hydrogen) atoms. The lowest BCUT2D eigenvalue weighted by Gasteiger charge is -2.12. The van der Waals surface area contributed by atoms with E-state index >= 15 is 0 Å². The van der Waals surface area contributed by atoms with Gasteiger partial charge in [-0.15, -0.1) is 5.10 Å². The fourth-order valence-electron chi connectivity index (χ4n) is 1.82. The third kappa shape index (κ3) is 2.77. The molecule has 6 nitrogen and oxygen atoms in total. The minimum atomic E-state index is 0.298. The van der Waals surface area contributed by atoms with Crippen molar-refractivity contribution in [2.75, 3.05) is 5.32 Å². The maximum absolute atomic E-state index is 5.79. The average molecular weight is 290 g/mol. The zero-order valence-electron chi connectivity index (χ0n) is 12.0. The lowest BCUT2D eigenvalue weighted by Crippen LogP contribution is -2.16. The summed E-state index contributed by atoms with van der Waals surface area (Å²) in [4.78, 5) is 0.305. The maximum Gasteiger partial charge on any atom is 0.163 e. The fourth-order valence-corrected chi connectivity index (χ4v) is 2.07. The van der Waals surface area contributed by atoms with Crippen molar-refractivity contribution >= 4 is 28.7 Å². The van der Waals surface area contributed by atoms with Crippen molar-refractivity contribution in [1.82, 2.24) is 20.0 Å². The number of aromatic nitrogens is 4. The Morgan fingerprint density at radius 3 is 2.60 bits per heavy atom. The van der Waals surface area contributed by atoms with Crippen LogP contribution in [0.5, 0.6) is 0 Å². The Morgan fingerprint density at radius 1 is 1.35 bits per heavy atom. The van der Waals surface area contributed by atoms with Gasteiger partial charge in [-0.1, -0.05) is 12.2 Å². The number of anilines is 2. The average Bonchev–Trinajstić information content (AvgIpc) is 2.82. The second kappa shape index (κ2) is 5.54. The molecule has 2 aromatic rings. The summed E-state index contributed by atoms with van der Waals surface area (Å²) < 4.78 is 1.86. The molecule has 0 fully saturated rings. The zero-order chi connectivity index (χ0) is 14.9. The summed E-state index contributed by atoms with van der Waals surface area (Å²) in [6, 6.07) is 0.298. The van der Waals surface area contributed by atoms with Gasteiger partial charge in [-0.3, -0.25) is 4.68 Å². The van der Waals surface area contributed by atoms with Crippen molar-refractivity contribution < 1.29 is 0 Å².